The van der Waals surface area contributed by atoms with Crippen LogP contribution in [0.4, 0.5) is 0 Å². The molecule has 25 heavy (non-hydrogen) atoms. The lowest BCUT2D eigenvalue weighted by Crippen LogP contribution is -2.55. The van der Waals surface area contributed by atoms with Crippen LogP contribution in [0.5, 0.6) is 0 Å². The molecular weight excluding hydrogens is 322 g/mol. The van der Waals surface area contributed by atoms with Crippen LogP contribution < -0.4 is 5.32 Å². The third kappa shape index (κ3) is 4.04. The number of carboxylic acids is 1. The number of nitrogens with zero attached hydrogens (tertiary/aromatic N) is 2. The molecule has 0 bridgehead atoms. The van der Waals surface area contributed by atoms with Crippen LogP contribution in [0.15, 0.2) is 34.9 Å². The summed E-state index contributed by atoms with van der Waals surface area (Å²) in [5.41, 5.74) is -0.284. The summed E-state index contributed by atoms with van der Waals surface area (Å²) in [5.74, 6) is -0.416. The van der Waals surface area contributed by atoms with Crippen molar-refractivity contribution in [1.29, 1.82) is 0 Å². The Balaban J connectivity index is 1.57. The molecule has 132 valence electrons. The maximum absolute atomic E-state index is 12.2. The number of amides is 1. The predicted octanol–water partition coefficient (Wildman–Crippen LogP) is 2.57. The normalized spacial score (nSPS) is 16.3. The van der Waals surface area contributed by atoms with Gasteiger partial charge in [0.25, 0.3) is 0 Å². The summed E-state index contributed by atoms with van der Waals surface area (Å²) in [6.45, 7) is 0. The van der Waals surface area contributed by atoms with Crippen LogP contribution in [-0.2, 0) is 16.0 Å². The standard InChI is InChI=1S/C18H21N3O4/c22-14(20-18(17(23)24)11-5-2-6-12-18)9-10-15-19-16(21-25-15)13-7-3-1-4-8-13/h1,3-4,7-8H,2,5-6,9-12H2,(H,20,22)(H,23,24). The fraction of sp³-hybridized carbons (Fsp3) is 0.444. The van der Waals surface area contributed by atoms with Gasteiger partial charge in [0, 0.05) is 18.4 Å². The first-order chi connectivity index (χ1) is 12.1. The molecule has 1 saturated carbocycles. The van der Waals surface area contributed by atoms with Crippen LogP contribution in [0.3, 0.4) is 0 Å². The van der Waals surface area contributed by atoms with Crippen LogP contribution in [0, 0.1) is 0 Å². The second kappa shape index (κ2) is 7.46. The first-order valence-corrected chi connectivity index (χ1v) is 8.51. The van der Waals surface area contributed by atoms with Crippen molar-refractivity contribution in [1.82, 2.24) is 15.5 Å². The van der Waals surface area contributed by atoms with Gasteiger partial charge in [0.1, 0.15) is 5.54 Å². The molecule has 0 aliphatic heterocycles. The largest absolute Gasteiger partial charge is 0.480 e. The Morgan fingerprint density at radius 3 is 2.56 bits per heavy atom. The molecule has 3 rings (SSSR count). The number of aliphatic carboxylic acids is 1. The number of carbonyl (C=O) groups is 2. The molecule has 7 heteroatoms. The van der Waals surface area contributed by atoms with Crippen molar-refractivity contribution in [2.45, 2.75) is 50.5 Å². The highest BCUT2D eigenvalue weighted by atomic mass is 16.5. The average molecular weight is 343 g/mol. The van der Waals surface area contributed by atoms with Gasteiger partial charge in [0.2, 0.25) is 17.6 Å². The minimum atomic E-state index is -1.13. The van der Waals surface area contributed by atoms with Crippen molar-refractivity contribution in [2.24, 2.45) is 0 Å². The molecule has 0 saturated heterocycles. The molecule has 1 aromatic heterocycles. The summed E-state index contributed by atoms with van der Waals surface area (Å²) in [6, 6.07) is 9.42. The number of nitrogens with one attached hydrogen (secondary N) is 1. The maximum atomic E-state index is 12.2. The summed E-state index contributed by atoms with van der Waals surface area (Å²) in [5, 5.41) is 16.1. The Morgan fingerprint density at radius 1 is 1.16 bits per heavy atom. The Kier molecular flexibility index (Phi) is 5.11. The highest BCUT2D eigenvalue weighted by Gasteiger charge is 2.40. The average Bonchev–Trinajstić information content (AvgIpc) is 3.10. The molecule has 1 heterocycles. The van der Waals surface area contributed by atoms with Gasteiger partial charge in [-0.15, -0.1) is 0 Å². The molecule has 0 atom stereocenters. The van der Waals surface area contributed by atoms with Gasteiger partial charge in [0.05, 0.1) is 0 Å². The summed E-state index contributed by atoms with van der Waals surface area (Å²) in [6.07, 6.45) is 3.99. The Labute approximate surface area is 145 Å². The van der Waals surface area contributed by atoms with Gasteiger partial charge in [0.15, 0.2) is 0 Å². The van der Waals surface area contributed by atoms with E-state index in [9.17, 15) is 14.7 Å². The number of carboxylic acid groups (broad SMARTS) is 1. The van der Waals surface area contributed by atoms with E-state index in [0.29, 0.717) is 24.6 Å². The summed E-state index contributed by atoms with van der Waals surface area (Å²) in [7, 11) is 0. The lowest BCUT2D eigenvalue weighted by atomic mass is 9.81. The molecule has 1 amide bonds. The molecule has 0 unspecified atom stereocenters. The zero-order valence-corrected chi connectivity index (χ0v) is 13.9. The third-order valence-corrected chi connectivity index (χ3v) is 4.56. The minimum absolute atomic E-state index is 0.117. The smallest absolute Gasteiger partial charge is 0.329 e. The first kappa shape index (κ1) is 17.1. The summed E-state index contributed by atoms with van der Waals surface area (Å²) >= 11 is 0. The molecular formula is C18H21N3O4. The number of benzene rings is 1. The van der Waals surface area contributed by atoms with Crippen molar-refractivity contribution < 1.29 is 19.2 Å². The van der Waals surface area contributed by atoms with Crippen LogP contribution in [0.2, 0.25) is 0 Å². The Morgan fingerprint density at radius 2 is 1.88 bits per heavy atom. The van der Waals surface area contributed by atoms with E-state index in [0.717, 1.165) is 24.8 Å². The van der Waals surface area contributed by atoms with Gasteiger partial charge in [-0.2, -0.15) is 4.98 Å². The SMILES string of the molecule is O=C(CCc1nc(-c2ccccc2)no1)NC1(C(=O)O)CCCCC1. The van der Waals surface area contributed by atoms with Crippen molar-refractivity contribution >= 4 is 11.9 Å². The monoisotopic (exact) mass is 343 g/mol. The van der Waals surface area contributed by atoms with Crippen LogP contribution in [0.1, 0.15) is 44.4 Å². The van der Waals surface area contributed by atoms with Crippen LogP contribution in [-0.4, -0.2) is 32.7 Å². The van der Waals surface area contributed by atoms with Gasteiger partial charge in [-0.25, -0.2) is 4.79 Å². The molecule has 1 aliphatic carbocycles. The third-order valence-electron chi connectivity index (χ3n) is 4.56. The number of aryl methyl sites for hydroxylation is 1. The molecule has 0 spiro atoms. The summed E-state index contributed by atoms with van der Waals surface area (Å²) in [4.78, 5) is 28.1. The first-order valence-electron chi connectivity index (χ1n) is 8.51. The van der Waals surface area contributed by atoms with Crippen molar-refractivity contribution in [3.63, 3.8) is 0 Å². The van der Waals surface area contributed by atoms with Gasteiger partial charge in [-0.1, -0.05) is 54.8 Å². The molecule has 1 aliphatic rings. The highest BCUT2D eigenvalue weighted by Crippen LogP contribution is 2.28. The second-order valence-electron chi connectivity index (χ2n) is 6.37. The van der Waals surface area contributed by atoms with Gasteiger partial charge < -0.3 is 14.9 Å². The van der Waals surface area contributed by atoms with E-state index in [2.05, 4.69) is 15.5 Å². The Hall–Kier alpha value is -2.70. The number of carbonyl (C=O) groups excluding carboxylic acids is 1. The predicted molar refractivity (Wildman–Crippen MR) is 89.6 cm³/mol. The van der Waals surface area contributed by atoms with Crippen molar-refractivity contribution in [3.05, 3.63) is 36.2 Å². The maximum Gasteiger partial charge on any atom is 0.329 e. The van der Waals surface area contributed by atoms with E-state index in [1.807, 2.05) is 30.3 Å². The summed E-state index contributed by atoms with van der Waals surface area (Å²) < 4.78 is 5.17. The molecule has 2 aromatic rings. The van der Waals surface area contributed by atoms with Crippen LogP contribution in [0.25, 0.3) is 11.4 Å². The van der Waals surface area contributed by atoms with Crippen molar-refractivity contribution in [2.75, 3.05) is 0 Å². The Bertz CT molecular complexity index is 736. The van der Waals surface area contributed by atoms with Gasteiger partial charge in [-0.05, 0) is 12.8 Å². The number of rotatable bonds is 6. The molecule has 0 radical (unpaired) electrons. The molecule has 2 N–H and O–H groups in total. The fourth-order valence-corrected chi connectivity index (χ4v) is 3.16. The van der Waals surface area contributed by atoms with Crippen molar-refractivity contribution in [3.8, 4) is 11.4 Å². The quantitative estimate of drug-likeness (QED) is 0.835. The zero-order chi connectivity index (χ0) is 17.7. The topological polar surface area (TPSA) is 105 Å². The van der Waals surface area contributed by atoms with E-state index < -0.39 is 11.5 Å². The molecule has 1 fully saturated rings. The van der Waals surface area contributed by atoms with Gasteiger partial charge in [-0.3, -0.25) is 4.79 Å². The van der Waals surface area contributed by atoms with E-state index in [1.165, 1.54) is 0 Å². The van der Waals surface area contributed by atoms with Gasteiger partial charge >= 0.3 is 5.97 Å². The fourth-order valence-electron chi connectivity index (χ4n) is 3.16. The lowest BCUT2D eigenvalue weighted by molar-refractivity contribution is -0.149. The molecule has 1 aromatic carbocycles. The number of hydrogen-bond acceptors (Lipinski definition) is 5. The van der Waals surface area contributed by atoms with E-state index in [4.69, 9.17) is 4.52 Å². The van der Waals surface area contributed by atoms with E-state index >= 15 is 0 Å². The van der Waals surface area contributed by atoms with Crippen LogP contribution >= 0.6 is 0 Å². The van der Waals surface area contributed by atoms with E-state index in [1.54, 1.807) is 0 Å². The second-order valence-corrected chi connectivity index (χ2v) is 6.37. The number of hydrogen-bond donors (Lipinski definition) is 2. The van der Waals surface area contributed by atoms with E-state index in [-0.39, 0.29) is 18.7 Å². The lowest BCUT2D eigenvalue weighted by Gasteiger charge is -2.33. The minimum Gasteiger partial charge on any atom is -0.480 e. The zero-order valence-electron chi connectivity index (χ0n) is 13.9. The molecule has 7 nitrogen and oxygen atoms in total. The number of aromatic nitrogens is 2. The highest BCUT2D eigenvalue weighted by molar-refractivity contribution is 5.87.